The van der Waals surface area contributed by atoms with E-state index in [9.17, 15) is 13.2 Å². The smallest absolute Gasteiger partial charge is 0.255 e. The van der Waals surface area contributed by atoms with Crippen molar-refractivity contribution in [1.29, 1.82) is 0 Å². The second-order valence-electron chi connectivity index (χ2n) is 5.61. The highest BCUT2D eigenvalue weighted by atomic mass is 32.2. The third-order valence-electron chi connectivity index (χ3n) is 3.54. The molecule has 1 amide bonds. The van der Waals surface area contributed by atoms with Crippen LogP contribution in [0.4, 0.5) is 11.4 Å². The number of amides is 1. The number of fused-ring (bicyclic) bond motifs is 1. The first kappa shape index (κ1) is 17.9. The van der Waals surface area contributed by atoms with Gasteiger partial charge < -0.3 is 19.5 Å². The van der Waals surface area contributed by atoms with E-state index < -0.39 is 10.0 Å². The zero-order valence-electron chi connectivity index (χ0n) is 14.2. The lowest BCUT2D eigenvalue weighted by Crippen LogP contribution is -2.18. The molecule has 0 aliphatic carbocycles. The SMILES string of the molecule is COc1cc(C(=O)Nc2ccc(NS(C)(=O)=O)cc2)cc2c1OCCO2. The van der Waals surface area contributed by atoms with Gasteiger partial charge in [0.25, 0.3) is 5.91 Å². The zero-order valence-corrected chi connectivity index (χ0v) is 15.1. The van der Waals surface area contributed by atoms with Gasteiger partial charge in [0.2, 0.25) is 15.8 Å². The van der Waals surface area contributed by atoms with Crippen LogP contribution in [0.5, 0.6) is 17.2 Å². The van der Waals surface area contributed by atoms with Crippen LogP contribution in [0, 0.1) is 0 Å². The molecule has 2 aromatic rings. The second kappa shape index (κ2) is 7.12. The predicted octanol–water partition coefficient (Wildman–Crippen LogP) is 2.09. The lowest BCUT2D eigenvalue weighted by atomic mass is 10.1. The summed E-state index contributed by atoms with van der Waals surface area (Å²) in [7, 11) is -1.86. The highest BCUT2D eigenvalue weighted by molar-refractivity contribution is 7.92. The molecule has 1 aliphatic rings. The Morgan fingerprint density at radius 2 is 1.73 bits per heavy atom. The fourth-order valence-electron chi connectivity index (χ4n) is 2.44. The van der Waals surface area contributed by atoms with Gasteiger partial charge in [-0.15, -0.1) is 0 Å². The van der Waals surface area contributed by atoms with Gasteiger partial charge in [-0.1, -0.05) is 0 Å². The summed E-state index contributed by atoms with van der Waals surface area (Å²) >= 11 is 0. The maximum atomic E-state index is 12.5. The van der Waals surface area contributed by atoms with Crippen molar-refractivity contribution in [3.8, 4) is 17.2 Å². The number of hydrogen-bond donors (Lipinski definition) is 2. The van der Waals surface area contributed by atoms with Gasteiger partial charge in [-0.05, 0) is 36.4 Å². The van der Waals surface area contributed by atoms with E-state index in [1.54, 1.807) is 36.4 Å². The lowest BCUT2D eigenvalue weighted by Gasteiger charge is -2.21. The number of nitrogens with one attached hydrogen (secondary N) is 2. The Kier molecular flexibility index (Phi) is 4.90. The molecule has 9 heteroatoms. The van der Waals surface area contributed by atoms with E-state index in [-0.39, 0.29) is 5.91 Å². The first-order valence-electron chi connectivity index (χ1n) is 7.72. The molecule has 1 heterocycles. The third-order valence-corrected chi connectivity index (χ3v) is 4.14. The minimum absolute atomic E-state index is 0.351. The van der Waals surface area contributed by atoms with Crippen molar-refractivity contribution >= 4 is 27.3 Å². The molecule has 0 radical (unpaired) electrons. The van der Waals surface area contributed by atoms with Crippen LogP contribution in [0.2, 0.25) is 0 Å². The van der Waals surface area contributed by atoms with Crippen molar-refractivity contribution < 1.29 is 27.4 Å². The van der Waals surface area contributed by atoms with Gasteiger partial charge in [-0.25, -0.2) is 8.42 Å². The Labute approximate surface area is 151 Å². The summed E-state index contributed by atoms with van der Waals surface area (Å²) < 4.78 is 41.1. The van der Waals surface area contributed by atoms with Crippen LogP contribution in [0.15, 0.2) is 36.4 Å². The molecule has 0 saturated heterocycles. The summed E-state index contributed by atoms with van der Waals surface area (Å²) in [5, 5.41) is 2.74. The molecule has 138 valence electrons. The van der Waals surface area contributed by atoms with Crippen molar-refractivity contribution in [2.45, 2.75) is 0 Å². The molecule has 0 spiro atoms. The quantitative estimate of drug-likeness (QED) is 0.826. The molecule has 0 unspecified atom stereocenters. The molecule has 0 bridgehead atoms. The average molecular weight is 378 g/mol. The maximum Gasteiger partial charge on any atom is 0.255 e. The molecule has 0 saturated carbocycles. The maximum absolute atomic E-state index is 12.5. The van der Waals surface area contributed by atoms with Gasteiger partial charge in [0, 0.05) is 16.9 Å². The van der Waals surface area contributed by atoms with Crippen LogP contribution < -0.4 is 24.2 Å². The summed E-state index contributed by atoms with van der Waals surface area (Å²) in [6.45, 7) is 0.818. The molecule has 3 rings (SSSR count). The fourth-order valence-corrected chi connectivity index (χ4v) is 3.01. The largest absolute Gasteiger partial charge is 0.493 e. The molecule has 26 heavy (non-hydrogen) atoms. The van der Waals surface area contributed by atoms with Crippen LogP contribution in [0.3, 0.4) is 0 Å². The number of carbonyl (C=O) groups is 1. The van der Waals surface area contributed by atoms with Crippen molar-refractivity contribution in [2.24, 2.45) is 0 Å². The molecule has 2 aromatic carbocycles. The average Bonchev–Trinajstić information content (AvgIpc) is 2.61. The summed E-state index contributed by atoms with van der Waals surface area (Å²) in [5.41, 5.74) is 1.28. The molecule has 2 N–H and O–H groups in total. The van der Waals surface area contributed by atoms with Gasteiger partial charge in [-0.3, -0.25) is 9.52 Å². The standard InChI is InChI=1S/C17H18N2O6S/c1-23-14-9-11(10-15-16(14)25-8-7-24-15)17(20)18-12-3-5-13(6-4-12)19-26(2,21)22/h3-6,9-10,19H,7-8H2,1-2H3,(H,18,20). The number of sulfonamides is 1. The van der Waals surface area contributed by atoms with Gasteiger partial charge in [0.05, 0.1) is 13.4 Å². The Bertz CT molecular complexity index is 908. The van der Waals surface area contributed by atoms with Gasteiger partial charge in [-0.2, -0.15) is 0 Å². The van der Waals surface area contributed by atoms with Gasteiger partial charge in [0.15, 0.2) is 11.5 Å². The third kappa shape index (κ3) is 4.17. The fraction of sp³-hybridized carbons (Fsp3) is 0.235. The van der Waals surface area contributed by atoms with E-state index in [2.05, 4.69) is 10.0 Å². The normalized spacial score (nSPS) is 13.0. The number of rotatable bonds is 5. The van der Waals surface area contributed by atoms with E-state index in [1.807, 2.05) is 0 Å². The molecule has 0 atom stereocenters. The summed E-state index contributed by atoms with van der Waals surface area (Å²) in [4.78, 5) is 12.5. The second-order valence-corrected chi connectivity index (χ2v) is 7.36. The molecular formula is C17H18N2O6S. The summed E-state index contributed by atoms with van der Waals surface area (Å²) in [6.07, 6.45) is 1.07. The van der Waals surface area contributed by atoms with Crippen molar-refractivity contribution in [3.05, 3.63) is 42.0 Å². The highest BCUT2D eigenvalue weighted by Crippen LogP contribution is 2.40. The van der Waals surface area contributed by atoms with E-state index in [0.29, 0.717) is 47.4 Å². The molecular weight excluding hydrogens is 360 g/mol. The van der Waals surface area contributed by atoms with E-state index >= 15 is 0 Å². The topological polar surface area (TPSA) is 103 Å². The number of methoxy groups -OCH3 is 1. The van der Waals surface area contributed by atoms with Crippen LogP contribution >= 0.6 is 0 Å². The molecule has 0 aromatic heterocycles. The molecule has 0 fully saturated rings. The minimum Gasteiger partial charge on any atom is -0.493 e. The Balaban J connectivity index is 1.78. The van der Waals surface area contributed by atoms with Crippen LogP contribution in [-0.2, 0) is 10.0 Å². The monoisotopic (exact) mass is 378 g/mol. The number of hydrogen-bond acceptors (Lipinski definition) is 6. The number of carbonyl (C=O) groups excluding carboxylic acids is 1. The first-order chi connectivity index (χ1) is 12.4. The van der Waals surface area contributed by atoms with Crippen molar-refractivity contribution in [3.63, 3.8) is 0 Å². The van der Waals surface area contributed by atoms with E-state index in [4.69, 9.17) is 14.2 Å². The van der Waals surface area contributed by atoms with E-state index in [0.717, 1.165) is 6.26 Å². The van der Waals surface area contributed by atoms with E-state index in [1.165, 1.54) is 7.11 Å². The number of anilines is 2. The Morgan fingerprint density at radius 1 is 1.08 bits per heavy atom. The molecule has 8 nitrogen and oxygen atoms in total. The summed E-state index contributed by atoms with van der Waals surface area (Å²) in [5.74, 6) is 0.990. The summed E-state index contributed by atoms with van der Waals surface area (Å²) in [6, 6.07) is 9.47. The zero-order chi connectivity index (χ0) is 18.7. The molecule has 1 aliphatic heterocycles. The highest BCUT2D eigenvalue weighted by Gasteiger charge is 2.21. The van der Waals surface area contributed by atoms with Gasteiger partial charge in [0.1, 0.15) is 13.2 Å². The predicted molar refractivity (Wildman–Crippen MR) is 96.8 cm³/mol. The lowest BCUT2D eigenvalue weighted by molar-refractivity contribution is 0.102. The van der Waals surface area contributed by atoms with Crippen LogP contribution in [0.25, 0.3) is 0 Å². The Morgan fingerprint density at radius 3 is 2.38 bits per heavy atom. The van der Waals surface area contributed by atoms with Crippen molar-refractivity contribution in [1.82, 2.24) is 0 Å². The minimum atomic E-state index is -3.35. The van der Waals surface area contributed by atoms with Gasteiger partial charge >= 0.3 is 0 Å². The number of benzene rings is 2. The van der Waals surface area contributed by atoms with Crippen molar-refractivity contribution in [2.75, 3.05) is 36.6 Å². The first-order valence-corrected chi connectivity index (χ1v) is 9.62. The number of ether oxygens (including phenoxy) is 3. The van der Waals surface area contributed by atoms with Crippen LogP contribution in [0.1, 0.15) is 10.4 Å². The van der Waals surface area contributed by atoms with Crippen LogP contribution in [-0.4, -0.2) is 40.9 Å². The Hall–Kier alpha value is -2.94.